The summed E-state index contributed by atoms with van der Waals surface area (Å²) >= 11 is 0. The lowest BCUT2D eigenvalue weighted by molar-refractivity contribution is -0.383. The molecular formula is C28H34N8O6. The molecule has 0 aliphatic carbocycles. The Morgan fingerprint density at radius 1 is 0.976 bits per heavy atom. The molecular weight excluding hydrogens is 544 g/mol. The van der Waals surface area contributed by atoms with Crippen LogP contribution in [0.4, 0.5) is 34.4 Å². The van der Waals surface area contributed by atoms with E-state index in [-0.39, 0.29) is 34.8 Å². The van der Waals surface area contributed by atoms with Gasteiger partial charge in [0.15, 0.2) is 23.0 Å². The van der Waals surface area contributed by atoms with Gasteiger partial charge in [-0.1, -0.05) is 12.8 Å². The molecule has 0 bridgehead atoms. The van der Waals surface area contributed by atoms with E-state index in [1.807, 2.05) is 17.0 Å². The van der Waals surface area contributed by atoms with Gasteiger partial charge in [-0.05, 0) is 45.6 Å². The van der Waals surface area contributed by atoms with Gasteiger partial charge in [0, 0.05) is 32.0 Å². The van der Waals surface area contributed by atoms with Gasteiger partial charge in [-0.25, -0.2) is 9.97 Å². The topological polar surface area (TPSA) is 196 Å². The Labute approximate surface area is 243 Å². The zero-order valence-electron chi connectivity index (χ0n) is 23.8. The Bertz CT molecular complexity index is 1380. The molecule has 2 heterocycles. The number of fused-ring (bicyclic) bond motifs is 2. The van der Waals surface area contributed by atoms with Crippen LogP contribution < -0.4 is 15.5 Å². The number of ether oxygens (including phenoxy) is 2. The van der Waals surface area contributed by atoms with Crippen LogP contribution in [0, 0.1) is 32.8 Å². The molecule has 1 aromatic carbocycles. The van der Waals surface area contributed by atoms with E-state index in [0.29, 0.717) is 94.1 Å². The second-order valence-corrected chi connectivity index (χ2v) is 9.40. The molecule has 0 saturated heterocycles. The summed E-state index contributed by atoms with van der Waals surface area (Å²) in [5, 5.41) is 37.1. The van der Waals surface area contributed by atoms with Gasteiger partial charge in [-0.3, -0.25) is 19.7 Å². The quantitative estimate of drug-likeness (QED) is 0.117. The van der Waals surface area contributed by atoms with E-state index >= 15 is 0 Å². The maximum atomic E-state index is 12.0. The number of anilines is 5. The van der Waals surface area contributed by atoms with Gasteiger partial charge in [0.05, 0.1) is 29.5 Å². The highest BCUT2D eigenvalue weighted by Gasteiger charge is 2.30. The molecule has 1 aliphatic heterocycles. The molecule has 0 amide bonds. The number of hydrogen-bond acceptors (Lipinski definition) is 13. The van der Waals surface area contributed by atoms with Crippen LogP contribution in [-0.4, -0.2) is 53.1 Å². The average Bonchev–Trinajstić information content (AvgIpc) is 2.97. The maximum absolute atomic E-state index is 12.0. The van der Waals surface area contributed by atoms with E-state index in [1.54, 1.807) is 19.9 Å². The fourth-order valence-corrected chi connectivity index (χ4v) is 4.49. The highest BCUT2D eigenvalue weighted by molar-refractivity contribution is 5.92. The number of carbonyl (C=O) groups is 2. The minimum Gasteiger partial charge on any atom is -0.466 e. The molecule has 2 N–H and O–H groups in total. The van der Waals surface area contributed by atoms with Gasteiger partial charge in [0.2, 0.25) is 0 Å². The Hall–Kier alpha value is -4.98. The fourth-order valence-electron chi connectivity index (χ4n) is 4.49. The van der Waals surface area contributed by atoms with Crippen LogP contribution in [-0.2, 0) is 19.1 Å². The average molecular weight is 579 g/mol. The summed E-state index contributed by atoms with van der Waals surface area (Å²) in [5.74, 6) is 0.0327. The van der Waals surface area contributed by atoms with Crippen molar-refractivity contribution in [2.24, 2.45) is 0 Å². The molecule has 3 rings (SSSR count). The largest absolute Gasteiger partial charge is 0.466 e. The van der Waals surface area contributed by atoms with Crippen LogP contribution in [0.1, 0.15) is 76.6 Å². The molecule has 0 fully saturated rings. The number of nitro benzene ring substituents is 1. The summed E-state index contributed by atoms with van der Waals surface area (Å²) in [7, 11) is 0. The summed E-state index contributed by atoms with van der Waals surface area (Å²) in [5.41, 5.74) is 0.876. The summed E-state index contributed by atoms with van der Waals surface area (Å²) in [6, 6.07) is 6.83. The fraction of sp³-hybridized carbons (Fsp3) is 0.500. The molecule has 0 atom stereocenters. The van der Waals surface area contributed by atoms with Crippen LogP contribution in [0.25, 0.3) is 0 Å². The van der Waals surface area contributed by atoms with Gasteiger partial charge in [0.25, 0.3) is 5.69 Å². The molecule has 14 heteroatoms. The van der Waals surface area contributed by atoms with Crippen LogP contribution in [0.5, 0.6) is 0 Å². The number of carbonyl (C=O) groups excluding carboxylic acids is 2. The summed E-state index contributed by atoms with van der Waals surface area (Å²) in [4.78, 5) is 45.2. The zero-order valence-corrected chi connectivity index (χ0v) is 23.8. The number of nitriles is 2. The number of aromatic nitrogens is 2. The highest BCUT2D eigenvalue weighted by atomic mass is 16.6. The molecule has 0 spiro atoms. The number of hydrogen-bond donors (Lipinski definition) is 2. The van der Waals surface area contributed by atoms with Crippen LogP contribution in [0.2, 0.25) is 0 Å². The smallest absolute Gasteiger partial charge is 0.305 e. The Morgan fingerprint density at radius 3 is 2.19 bits per heavy atom. The van der Waals surface area contributed by atoms with E-state index in [9.17, 15) is 30.2 Å². The number of benzene rings is 1. The first-order chi connectivity index (χ1) is 20.3. The van der Waals surface area contributed by atoms with Crippen LogP contribution >= 0.6 is 0 Å². The first-order valence-corrected chi connectivity index (χ1v) is 14.0. The minimum atomic E-state index is -0.481. The standard InChI is InChI=1S/C28H34N8O6/c1-3-41-25(37)11-7-5-9-13-31-19-15-23-20(16-24(19)36(39)40)32-27-28(34-22(18-30)21(17-29)33-27)35(23)14-10-6-8-12-26(38)42-4-2/h15-16,31H,3-14H2,1-2H3,(H,32,33). The van der Waals surface area contributed by atoms with E-state index in [4.69, 9.17) is 9.47 Å². The van der Waals surface area contributed by atoms with E-state index in [1.165, 1.54) is 6.07 Å². The van der Waals surface area contributed by atoms with Gasteiger partial charge < -0.3 is 25.0 Å². The molecule has 14 nitrogen and oxygen atoms in total. The van der Waals surface area contributed by atoms with Crippen molar-refractivity contribution < 1.29 is 24.0 Å². The number of nitrogens with zero attached hydrogens (tertiary/aromatic N) is 6. The predicted molar refractivity (Wildman–Crippen MR) is 154 cm³/mol. The Balaban J connectivity index is 1.83. The highest BCUT2D eigenvalue weighted by Crippen LogP contribution is 2.46. The maximum Gasteiger partial charge on any atom is 0.305 e. The van der Waals surface area contributed by atoms with E-state index in [2.05, 4.69) is 20.6 Å². The van der Waals surface area contributed by atoms with Crippen LogP contribution in [0.3, 0.4) is 0 Å². The third-order valence-electron chi connectivity index (χ3n) is 6.45. The number of unbranched alkanes of at least 4 members (excludes halogenated alkanes) is 4. The lowest BCUT2D eigenvalue weighted by Crippen LogP contribution is -2.27. The second kappa shape index (κ2) is 15.7. The van der Waals surface area contributed by atoms with Crippen molar-refractivity contribution in [1.82, 2.24) is 9.97 Å². The molecule has 222 valence electrons. The van der Waals surface area contributed by atoms with Gasteiger partial charge in [0.1, 0.15) is 17.8 Å². The molecule has 1 aromatic heterocycles. The number of nitro groups is 1. The van der Waals surface area contributed by atoms with Crippen molar-refractivity contribution in [1.29, 1.82) is 10.5 Å². The molecule has 2 aromatic rings. The van der Waals surface area contributed by atoms with Crippen LogP contribution in [0.15, 0.2) is 12.1 Å². The van der Waals surface area contributed by atoms with Gasteiger partial charge >= 0.3 is 11.9 Å². The Morgan fingerprint density at radius 2 is 1.60 bits per heavy atom. The van der Waals surface area contributed by atoms with Crippen molar-refractivity contribution in [2.45, 2.75) is 65.2 Å². The number of nitrogens with one attached hydrogen (secondary N) is 2. The monoisotopic (exact) mass is 578 g/mol. The minimum absolute atomic E-state index is 0.128. The van der Waals surface area contributed by atoms with Crippen molar-refractivity contribution in [3.63, 3.8) is 0 Å². The first kappa shape index (κ1) is 31.5. The molecule has 0 saturated carbocycles. The van der Waals surface area contributed by atoms with Gasteiger partial charge in [-0.15, -0.1) is 0 Å². The lowest BCUT2D eigenvalue weighted by atomic mass is 10.1. The molecule has 0 radical (unpaired) electrons. The lowest BCUT2D eigenvalue weighted by Gasteiger charge is -2.32. The second-order valence-electron chi connectivity index (χ2n) is 9.40. The third-order valence-corrected chi connectivity index (χ3v) is 6.45. The predicted octanol–water partition coefficient (Wildman–Crippen LogP) is 4.98. The SMILES string of the molecule is CCOC(=O)CCCCCNc1cc2c(cc1[N+](=O)[O-])Nc1nc(C#N)c(C#N)nc1N2CCCCCC(=O)OCC. The van der Waals surface area contributed by atoms with Gasteiger partial charge in [-0.2, -0.15) is 10.5 Å². The normalized spacial score (nSPS) is 11.3. The summed E-state index contributed by atoms with van der Waals surface area (Å²) in [6.45, 7) is 5.05. The third kappa shape index (κ3) is 8.27. The van der Waals surface area contributed by atoms with E-state index in [0.717, 1.165) is 6.42 Å². The van der Waals surface area contributed by atoms with Crippen molar-refractivity contribution in [2.75, 3.05) is 41.8 Å². The Kier molecular flexibility index (Phi) is 11.8. The van der Waals surface area contributed by atoms with Crippen molar-refractivity contribution in [3.05, 3.63) is 33.6 Å². The molecule has 1 aliphatic rings. The zero-order chi connectivity index (χ0) is 30.5. The van der Waals surface area contributed by atoms with Crippen molar-refractivity contribution in [3.8, 4) is 12.1 Å². The van der Waals surface area contributed by atoms with E-state index < -0.39 is 4.92 Å². The summed E-state index contributed by atoms with van der Waals surface area (Å²) in [6.07, 6.45) is 4.67. The first-order valence-electron chi connectivity index (χ1n) is 14.0. The van der Waals surface area contributed by atoms with Crippen molar-refractivity contribution >= 4 is 46.3 Å². The number of rotatable bonds is 16. The summed E-state index contributed by atoms with van der Waals surface area (Å²) < 4.78 is 9.91. The molecule has 0 unspecified atom stereocenters. The molecule has 42 heavy (non-hydrogen) atoms. The number of esters is 2.